The van der Waals surface area contributed by atoms with Crippen molar-refractivity contribution in [2.45, 2.75) is 52.0 Å². The molecule has 0 aromatic rings. The van der Waals surface area contributed by atoms with E-state index in [0.29, 0.717) is 32.1 Å². The molecule has 2 amide bonds. The van der Waals surface area contributed by atoms with E-state index in [9.17, 15) is 9.59 Å². The minimum absolute atomic E-state index is 0.0852. The van der Waals surface area contributed by atoms with Gasteiger partial charge in [0.1, 0.15) is 0 Å². The third-order valence-corrected chi connectivity index (χ3v) is 4.87. The van der Waals surface area contributed by atoms with Gasteiger partial charge in [-0.3, -0.25) is 9.59 Å². The highest BCUT2D eigenvalue weighted by Crippen LogP contribution is 2.30. The van der Waals surface area contributed by atoms with E-state index in [2.05, 4.69) is 13.8 Å². The van der Waals surface area contributed by atoms with Crippen LogP contribution >= 0.6 is 0 Å². The molecule has 120 valence electrons. The fourth-order valence-corrected chi connectivity index (χ4v) is 3.56. The molecular weight excluding hydrogens is 266 g/mol. The van der Waals surface area contributed by atoms with Crippen molar-refractivity contribution < 1.29 is 9.59 Å². The molecule has 0 bridgehead atoms. The molecule has 1 aliphatic heterocycles. The second-order valence-corrected chi connectivity index (χ2v) is 7.45. The Kier molecular flexibility index (Phi) is 4.91. The van der Waals surface area contributed by atoms with Crippen molar-refractivity contribution in [3.8, 4) is 0 Å². The molecule has 1 atom stereocenters. The van der Waals surface area contributed by atoms with E-state index >= 15 is 0 Å². The Hall–Kier alpha value is -1.10. The minimum Gasteiger partial charge on any atom is -0.345 e. The van der Waals surface area contributed by atoms with Crippen LogP contribution in [0.4, 0.5) is 0 Å². The third kappa shape index (κ3) is 3.76. The van der Waals surface area contributed by atoms with Crippen LogP contribution in [-0.4, -0.2) is 54.3 Å². The first kappa shape index (κ1) is 16.3. The summed E-state index contributed by atoms with van der Waals surface area (Å²) < 4.78 is 0. The molecule has 0 spiro atoms. The maximum absolute atomic E-state index is 12.6. The van der Waals surface area contributed by atoms with Crippen molar-refractivity contribution in [1.29, 1.82) is 0 Å². The Bertz CT molecular complexity index is 402. The first-order chi connectivity index (χ1) is 9.84. The predicted molar refractivity (Wildman–Crippen MR) is 82.5 cm³/mol. The topological polar surface area (TPSA) is 66.6 Å². The lowest BCUT2D eigenvalue weighted by molar-refractivity contribution is -0.135. The number of nitrogens with zero attached hydrogens (tertiary/aromatic N) is 2. The van der Waals surface area contributed by atoms with Gasteiger partial charge in [-0.2, -0.15) is 0 Å². The highest BCUT2D eigenvalue weighted by atomic mass is 16.2. The number of likely N-dealkylation sites (tertiary alicyclic amines) is 1. The Morgan fingerprint density at radius 3 is 2.57 bits per heavy atom. The van der Waals surface area contributed by atoms with Gasteiger partial charge in [0.25, 0.3) is 0 Å². The summed E-state index contributed by atoms with van der Waals surface area (Å²) in [5.74, 6) is 0.0776. The second kappa shape index (κ2) is 6.34. The summed E-state index contributed by atoms with van der Waals surface area (Å²) in [7, 11) is 1.82. The number of hydrogen-bond acceptors (Lipinski definition) is 3. The van der Waals surface area contributed by atoms with Crippen LogP contribution in [0.1, 0.15) is 46.0 Å². The van der Waals surface area contributed by atoms with Crippen LogP contribution in [0, 0.1) is 11.3 Å². The number of rotatable bonds is 5. The van der Waals surface area contributed by atoms with Gasteiger partial charge in [-0.15, -0.1) is 0 Å². The highest BCUT2D eigenvalue weighted by molar-refractivity contribution is 5.89. The van der Waals surface area contributed by atoms with Crippen LogP contribution in [0.5, 0.6) is 0 Å². The molecule has 5 heteroatoms. The van der Waals surface area contributed by atoms with E-state index in [1.165, 1.54) is 12.8 Å². The normalized spacial score (nSPS) is 23.9. The highest BCUT2D eigenvalue weighted by Gasteiger charge is 2.40. The number of hydrogen-bond donors (Lipinski definition) is 1. The van der Waals surface area contributed by atoms with Gasteiger partial charge in [0.2, 0.25) is 11.8 Å². The molecule has 2 fully saturated rings. The smallest absolute Gasteiger partial charge is 0.227 e. The van der Waals surface area contributed by atoms with Crippen LogP contribution in [0.3, 0.4) is 0 Å². The zero-order valence-electron chi connectivity index (χ0n) is 13.6. The largest absolute Gasteiger partial charge is 0.345 e. The third-order valence-electron chi connectivity index (χ3n) is 4.87. The van der Waals surface area contributed by atoms with Crippen LogP contribution in [-0.2, 0) is 9.59 Å². The predicted octanol–water partition coefficient (Wildman–Crippen LogP) is 1.22. The zero-order chi connectivity index (χ0) is 15.6. The lowest BCUT2D eigenvalue weighted by Gasteiger charge is -2.30. The Labute approximate surface area is 127 Å². The summed E-state index contributed by atoms with van der Waals surface area (Å²) >= 11 is 0. The summed E-state index contributed by atoms with van der Waals surface area (Å²) in [5.41, 5.74) is 5.65. The van der Waals surface area contributed by atoms with E-state index in [-0.39, 0.29) is 23.1 Å². The molecule has 1 saturated carbocycles. The van der Waals surface area contributed by atoms with Gasteiger partial charge in [-0.1, -0.05) is 26.7 Å². The second-order valence-electron chi connectivity index (χ2n) is 7.45. The van der Waals surface area contributed by atoms with Gasteiger partial charge < -0.3 is 15.5 Å². The minimum atomic E-state index is -0.170. The number of nitrogens with two attached hydrogens (primary N) is 1. The molecule has 2 N–H and O–H groups in total. The zero-order valence-corrected chi connectivity index (χ0v) is 13.6. The van der Waals surface area contributed by atoms with Crippen molar-refractivity contribution in [2.24, 2.45) is 17.1 Å². The molecule has 2 rings (SSSR count). The summed E-state index contributed by atoms with van der Waals surface area (Å²) in [6, 6.07) is 0.376. The molecule has 5 nitrogen and oxygen atoms in total. The van der Waals surface area contributed by atoms with Gasteiger partial charge >= 0.3 is 0 Å². The average Bonchev–Trinajstić information content (AvgIpc) is 3.06. The SMILES string of the molecule is CN(CC(C)(C)CN)C(=O)C1CC(=O)N(C2CCCC2)C1. The fourth-order valence-electron chi connectivity index (χ4n) is 3.56. The summed E-state index contributed by atoms with van der Waals surface area (Å²) in [6.45, 7) is 5.90. The maximum atomic E-state index is 12.6. The van der Waals surface area contributed by atoms with E-state index in [1.54, 1.807) is 4.90 Å². The lowest BCUT2D eigenvalue weighted by Crippen LogP contribution is -2.43. The summed E-state index contributed by atoms with van der Waals surface area (Å²) in [6.07, 6.45) is 4.99. The van der Waals surface area contributed by atoms with E-state index in [4.69, 9.17) is 5.73 Å². The Morgan fingerprint density at radius 1 is 1.38 bits per heavy atom. The van der Waals surface area contributed by atoms with Crippen molar-refractivity contribution in [2.75, 3.05) is 26.7 Å². The summed E-state index contributed by atoms with van der Waals surface area (Å²) in [5, 5.41) is 0. The monoisotopic (exact) mass is 295 g/mol. The van der Waals surface area contributed by atoms with Crippen molar-refractivity contribution >= 4 is 11.8 Å². The van der Waals surface area contributed by atoms with Gasteiger partial charge in [0, 0.05) is 32.6 Å². The fraction of sp³-hybridized carbons (Fsp3) is 0.875. The number of carbonyl (C=O) groups is 2. The maximum Gasteiger partial charge on any atom is 0.227 e. The van der Waals surface area contributed by atoms with Gasteiger partial charge in [0.15, 0.2) is 0 Å². The molecule has 1 saturated heterocycles. The Balaban J connectivity index is 1.93. The number of amides is 2. The lowest BCUT2D eigenvalue weighted by atomic mass is 9.92. The van der Waals surface area contributed by atoms with E-state index in [1.807, 2.05) is 11.9 Å². The van der Waals surface area contributed by atoms with Crippen LogP contribution < -0.4 is 5.73 Å². The standard InChI is InChI=1S/C16H29N3O2/c1-16(2,10-17)11-18(3)15(21)12-8-14(20)19(9-12)13-6-4-5-7-13/h12-13H,4-11,17H2,1-3H3. The molecule has 0 aromatic heterocycles. The molecule has 1 heterocycles. The molecule has 0 radical (unpaired) electrons. The van der Waals surface area contributed by atoms with Gasteiger partial charge in [-0.25, -0.2) is 0 Å². The van der Waals surface area contributed by atoms with Gasteiger partial charge in [0.05, 0.1) is 5.92 Å². The van der Waals surface area contributed by atoms with Crippen molar-refractivity contribution in [1.82, 2.24) is 9.80 Å². The molecule has 1 aliphatic carbocycles. The first-order valence-electron chi connectivity index (χ1n) is 8.08. The van der Waals surface area contributed by atoms with Crippen LogP contribution in [0.15, 0.2) is 0 Å². The van der Waals surface area contributed by atoms with Crippen molar-refractivity contribution in [3.05, 3.63) is 0 Å². The van der Waals surface area contributed by atoms with E-state index < -0.39 is 0 Å². The Morgan fingerprint density at radius 2 is 2.00 bits per heavy atom. The molecule has 21 heavy (non-hydrogen) atoms. The van der Waals surface area contributed by atoms with Gasteiger partial charge in [-0.05, 0) is 24.8 Å². The van der Waals surface area contributed by atoms with E-state index in [0.717, 1.165) is 12.8 Å². The molecule has 2 aliphatic rings. The molecular formula is C16H29N3O2. The van der Waals surface area contributed by atoms with Crippen LogP contribution in [0.25, 0.3) is 0 Å². The molecule has 0 aromatic carbocycles. The molecule has 1 unspecified atom stereocenters. The number of carbonyl (C=O) groups excluding carboxylic acids is 2. The quantitative estimate of drug-likeness (QED) is 0.829. The van der Waals surface area contributed by atoms with Crippen LogP contribution in [0.2, 0.25) is 0 Å². The first-order valence-corrected chi connectivity index (χ1v) is 8.08. The van der Waals surface area contributed by atoms with Crippen molar-refractivity contribution in [3.63, 3.8) is 0 Å². The summed E-state index contributed by atoms with van der Waals surface area (Å²) in [4.78, 5) is 28.4. The average molecular weight is 295 g/mol.